The second-order valence-corrected chi connectivity index (χ2v) is 10.9. The van der Waals surface area contributed by atoms with E-state index in [0.717, 1.165) is 23.1 Å². The van der Waals surface area contributed by atoms with E-state index in [2.05, 4.69) is 64.8 Å². The normalized spacial score (nSPS) is 27.2. The van der Waals surface area contributed by atoms with Crippen molar-refractivity contribution in [1.29, 1.82) is 0 Å². The molecule has 1 amide bonds. The zero-order valence-electron chi connectivity index (χ0n) is 19.2. The molecule has 4 atom stereocenters. The SMILES string of the molecule is O=C(Cc1cccc2ccccc12)Nc1cc2c3c(c1)[C@@H]1CCC[C@@H]1CN3C[C@H]1CCC[C@H]21. The first kappa shape index (κ1) is 19.6. The number of fused-ring (bicyclic) bond motifs is 5. The Morgan fingerprint density at radius 2 is 1.52 bits per heavy atom. The molecule has 7 rings (SSSR count). The van der Waals surface area contributed by atoms with Gasteiger partial charge in [0.1, 0.15) is 0 Å². The van der Waals surface area contributed by atoms with Crippen LogP contribution in [-0.4, -0.2) is 19.0 Å². The Kier molecular flexibility index (Phi) is 4.53. The van der Waals surface area contributed by atoms with E-state index in [1.54, 1.807) is 5.69 Å². The molecule has 3 heteroatoms. The number of anilines is 2. The molecule has 0 saturated heterocycles. The van der Waals surface area contributed by atoms with Gasteiger partial charge in [-0.1, -0.05) is 55.3 Å². The molecule has 3 aromatic rings. The minimum atomic E-state index is 0.0907. The lowest BCUT2D eigenvalue weighted by molar-refractivity contribution is -0.115. The summed E-state index contributed by atoms with van der Waals surface area (Å²) in [6.45, 7) is 2.50. The molecule has 2 fully saturated rings. The fourth-order valence-electron chi connectivity index (χ4n) is 7.66. The summed E-state index contributed by atoms with van der Waals surface area (Å²) in [5.74, 6) is 3.05. The van der Waals surface area contributed by atoms with Gasteiger partial charge in [-0.3, -0.25) is 4.79 Å². The van der Waals surface area contributed by atoms with E-state index >= 15 is 0 Å². The lowest BCUT2D eigenvalue weighted by Crippen LogP contribution is -2.43. The maximum absolute atomic E-state index is 13.2. The van der Waals surface area contributed by atoms with E-state index in [4.69, 9.17) is 0 Å². The quantitative estimate of drug-likeness (QED) is 0.500. The predicted octanol–water partition coefficient (Wildman–Crippen LogP) is 6.62. The lowest BCUT2D eigenvalue weighted by atomic mass is 9.75. The minimum absolute atomic E-state index is 0.0907. The molecule has 0 radical (unpaired) electrons. The molecule has 2 aliphatic carbocycles. The van der Waals surface area contributed by atoms with Crippen molar-refractivity contribution in [2.24, 2.45) is 11.8 Å². The van der Waals surface area contributed by atoms with Gasteiger partial charge in [-0.05, 0) is 89.0 Å². The highest BCUT2D eigenvalue weighted by Crippen LogP contribution is 2.56. The second-order valence-electron chi connectivity index (χ2n) is 10.9. The third-order valence-electron chi connectivity index (χ3n) is 9.03. The smallest absolute Gasteiger partial charge is 0.228 e. The summed E-state index contributed by atoms with van der Waals surface area (Å²) < 4.78 is 0. The Bertz CT molecular complexity index is 1200. The number of hydrogen-bond acceptors (Lipinski definition) is 2. The molecule has 2 heterocycles. The number of nitrogens with zero attached hydrogens (tertiary/aromatic N) is 1. The van der Waals surface area contributed by atoms with E-state index in [-0.39, 0.29) is 5.91 Å². The number of nitrogens with one attached hydrogen (secondary N) is 1. The first-order valence-electron chi connectivity index (χ1n) is 12.9. The average molecular weight is 437 g/mol. The van der Waals surface area contributed by atoms with Crippen LogP contribution in [0.15, 0.2) is 54.6 Å². The van der Waals surface area contributed by atoms with Gasteiger partial charge >= 0.3 is 0 Å². The monoisotopic (exact) mass is 436 g/mol. The third-order valence-corrected chi connectivity index (χ3v) is 9.03. The molecular weight excluding hydrogens is 404 g/mol. The first-order valence-corrected chi connectivity index (χ1v) is 12.9. The lowest BCUT2D eigenvalue weighted by Gasteiger charge is -2.46. The van der Waals surface area contributed by atoms with Gasteiger partial charge in [-0.15, -0.1) is 0 Å². The number of rotatable bonds is 3. The molecular formula is C30H32N2O. The van der Waals surface area contributed by atoms with E-state index in [1.807, 2.05) is 0 Å². The fraction of sp³-hybridized carbons (Fsp3) is 0.433. The topological polar surface area (TPSA) is 32.3 Å². The Morgan fingerprint density at radius 3 is 2.24 bits per heavy atom. The highest BCUT2D eigenvalue weighted by atomic mass is 16.1. The maximum atomic E-state index is 13.2. The van der Waals surface area contributed by atoms with Crippen LogP contribution in [0.4, 0.5) is 11.4 Å². The van der Waals surface area contributed by atoms with E-state index in [0.29, 0.717) is 18.3 Å². The third kappa shape index (κ3) is 3.19. The summed E-state index contributed by atoms with van der Waals surface area (Å²) >= 11 is 0. The molecule has 0 spiro atoms. The van der Waals surface area contributed by atoms with Crippen LogP contribution in [0.2, 0.25) is 0 Å². The van der Waals surface area contributed by atoms with Crippen LogP contribution in [0.25, 0.3) is 10.8 Å². The molecule has 3 aromatic carbocycles. The average Bonchev–Trinajstić information content (AvgIpc) is 3.49. The van der Waals surface area contributed by atoms with Crippen LogP contribution in [0, 0.1) is 11.8 Å². The Morgan fingerprint density at radius 1 is 0.848 bits per heavy atom. The van der Waals surface area contributed by atoms with E-state index < -0.39 is 0 Å². The van der Waals surface area contributed by atoms with Gasteiger partial charge in [0.15, 0.2) is 0 Å². The number of carbonyl (C=O) groups excluding carboxylic acids is 1. The maximum Gasteiger partial charge on any atom is 0.228 e. The molecule has 168 valence electrons. The van der Waals surface area contributed by atoms with Crippen LogP contribution in [0.3, 0.4) is 0 Å². The summed E-state index contributed by atoms with van der Waals surface area (Å²) in [7, 11) is 0. The van der Waals surface area contributed by atoms with Crippen molar-refractivity contribution < 1.29 is 4.79 Å². The summed E-state index contributed by atoms with van der Waals surface area (Å²) in [5.41, 5.74) is 6.74. The van der Waals surface area contributed by atoms with Crippen molar-refractivity contribution in [1.82, 2.24) is 0 Å². The molecule has 2 aliphatic heterocycles. The molecule has 0 aromatic heterocycles. The van der Waals surface area contributed by atoms with Gasteiger partial charge in [0.2, 0.25) is 5.91 Å². The van der Waals surface area contributed by atoms with Gasteiger partial charge < -0.3 is 10.2 Å². The van der Waals surface area contributed by atoms with Gasteiger partial charge in [0.05, 0.1) is 6.42 Å². The molecule has 33 heavy (non-hydrogen) atoms. The molecule has 4 aliphatic rings. The van der Waals surface area contributed by atoms with Crippen LogP contribution < -0.4 is 10.2 Å². The highest BCUT2D eigenvalue weighted by Gasteiger charge is 2.44. The van der Waals surface area contributed by atoms with Gasteiger partial charge in [-0.2, -0.15) is 0 Å². The van der Waals surface area contributed by atoms with E-state index in [9.17, 15) is 4.79 Å². The van der Waals surface area contributed by atoms with Crippen LogP contribution >= 0.6 is 0 Å². The van der Waals surface area contributed by atoms with Crippen molar-refractivity contribution >= 4 is 28.1 Å². The van der Waals surface area contributed by atoms with Gasteiger partial charge in [0, 0.05) is 24.5 Å². The van der Waals surface area contributed by atoms with Gasteiger partial charge in [-0.25, -0.2) is 0 Å². The summed E-state index contributed by atoms with van der Waals surface area (Å²) in [6.07, 6.45) is 8.46. The molecule has 3 nitrogen and oxygen atoms in total. The summed E-state index contributed by atoms with van der Waals surface area (Å²) in [4.78, 5) is 15.9. The Balaban J connectivity index is 1.23. The predicted molar refractivity (Wildman–Crippen MR) is 135 cm³/mol. The zero-order valence-corrected chi connectivity index (χ0v) is 19.2. The first-order chi connectivity index (χ1) is 16.2. The summed E-state index contributed by atoms with van der Waals surface area (Å²) in [5, 5.41) is 5.69. The largest absolute Gasteiger partial charge is 0.370 e. The van der Waals surface area contributed by atoms with Crippen LogP contribution in [-0.2, 0) is 11.2 Å². The van der Waals surface area contributed by atoms with Crippen LogP contribution in [0.1, 0.15) is 67.1 Å². The Hall–Kier alpha value is -2.81. The van der Waals surface area contributed by atoms with E-state index in [1.165, 1.54) is 73.5 Å². The van der Waals surface area contributed by atoms with Crippen LogP contribution in [0.5, 0.6) is 0 Å². The number of benzene rings is 3. The van der Waals surface area contributed by atoms with Crippen molar-refractivity contribution in [2.75, 3.05) is 23.3 Å². The minimum Gasteiger partial charge on any atom is -0.370 e. The number of carbonyl (C=O) groups is 1. The van der Waals surface area contributed by atoms with Crippen molar-refractivity contribution in [3.63, 3.8) is 0 Å². The zero-order chi connectivity index (χ0) is 21.9. The fourth-order valence-corrected chi connectivity index (χ4v) is 7.66. The second kappa shape index (κ2) is 7.62. The number of amides is 1. The van der Waals surface area contributed by atoms with Crippen molar-refractivity contribution in [2.45, 2.75) is 56.8 Å². The van der Waals surface area contributed by atoms with Crippen molar-refractivity contribution in [3.05, 3.63) is 71.3 Å². The summed E-state index contributed by atoms with van der Waals surface area (Å²) in [6, 6.07) is 19.3. The Labute approximate surface area is 196 Å². The molecule has 0 bridgehead atoms. The molecule has 2 saturated carbocycles. The standard InChI is InChI=1S/C30H32N2O/c33-29(14-20-8-3-7-19-6-1-2-11-24(19)20)31-23-15-27-25-12-4-9-21(25)17-32-18-22-10-5-13-26(22)28(16-23)30(27)32/h1-3,6-8,11,15-16,21-22,25-26H,4-5,9-10,12-14,17-18H2,(H,31,33)/t21-,22-,25-,26+/m1/s1. The molecule has 1 N–H and O–H groups in total. The highest BCUT2D eigenvalue weighted by molar-refractivity contribution is 5.96. The van der Waals surface area contributed by atoms with Gasteiger partial charge in [0.25, 0.3) is 0 Å². The number of hydrogen-bond donors (Lipinski definition) is 1. The molecule has 0 unspecified atom stereocenters. The van der Waals surface area contributed by atoms with Crippen molar-refractivity contribution in [3.8, 4) is 0 Å².